The van der Waals surface area contributed by atoms with Gasteiger partial charge in [0, 0.05) is 26.2 Å². The summed E-state index contributed by atoms with van der Waals surface area (Å²) < 4.78 is 0. The summed E-state index contributed by atoms with van der Waals surface area (Å²) in [6, 6.07) is 6.59. The first-order valence-electron chi connectivity index (χ1n) is 11.6. The fourth-order valence-corrected chi connectivity index (χ4v) is 4.68. The number of benzene rings is 1. The van der Waals surface area contributed by atoms with E-state index in [0.29, 0.717) is 24.3 Å². The second-order valence-electron chi connectivity index (χ2n) is 9.45. The number of carbonyl (C=O) groups is 3. The van der Waals surface area contributed by atoms with Gasteiger partial charge in [0.05, 0.1) is 28.7 Å². The summed E-state index contributed by atoms with van der Waals surface area (Å²) in [4.78, 5) is 45.8. The van der Waals surface area contributed by atoms with E-state index in [4.69, 9.17) is 5.73 Å². The van der Waals surface area contributed by atoms with E-state index in [0.717, 1.165) is 13.1 Å². The molecule has 32 heavy (non-hydrogen) atoms. The van der Waals surface area contributed by atoms with Crippen LogP contribution < -0.4 is 16.0 Å². The normalized spacial score (nSPS) is 24.2. The zero-order chi connectivity index (χ0) is 23.6. The molecule has 176 valence electrons. The van der Waals surface area contributed by atoms with E-state index < -0.39 is 17.5 Å². The van der Waals surface area contributed by atoms with Gasteiger partial charge in [-0.25, -0.2) is 0 Å². The van der Waals surface area contributed by atoms with Crippen molar-refractivity contribution in [1.29, 1.82) is 0 Å². The van der Waals surface area contributed by atoms with Crippen LogP contribution in [-0.4, -0.2) is 78.4 Å². The lowest BCUT2D eigenvalue weighted by molar-refractivity contribution is -0.132. The van der Waals surface area contributed by atoms with E-state index in [9.17, 15) is 14.4 Å². The van der Waals surface area contributed by atoms with E-state index >= 15 is 0 Å². The number of likely N-dealkylation sites (N-methyl/N-ethyl adjacent to an activating group) is 1. The first-order chi connectivity index (χ1) is 15.1. The minimum atomic E-state index is -0.860. The van der Waals surface area contributed by atoms with Crippen molar-refractivity contribution in [3.63, 3.8) is 0 Å². The minimum Gasteiger partial charge on any atom is -0.344 e. The van der Waals surface area contributed by atoms with Crippen LogP contribution >= 0.6 is 0 Å². The average molecular weight is 444 g/mol. The van der Waals surface area contributed by atoms with Gasteiger partial charge in [-0.15, -0.1) is 0 Å². The molecule has 0 spiro atoms. The van der Waals surface area contributed by atoms with Gasteiger partial charge < -0.3 is 25.8 Å². The van der Waals surface area contributed by atoms with Crippen molar-refractivity contribution in [3.8, 4) is 0 Å². The Hall–Kier alpha value is -2.45. The maximum absolute atomic E-state index is 13.9. The van der Waals surface area contributed by atoms with Gasteiger partial charge >= 0.3 is 0 Å². The van der Waals surface area contributed by atoms with Crippen LogP contribution in [0.25, 0.3) is 0 Å². The quantitative estimate of drug-likeness (QED) is 0.662. The van der Waals surface area contributed by atoms with E-state index in [2.05, 4.69) is 24.1 Å². The molecule has 1 saturated heterocycles. The number of hydrogen-bond acceptors (Lipinski definition) is 5. The van der Waals surface area contributed by atoms with Crippen molar-refractivity contribution < 1.29 is 14.4 Å². The Labute approximate surface area is 191 Å². The summed E-state index contributed by atoms with van der Waals surface area (Å²) in [6.45, 7) is 13.3. The molecular weight excluding hydrogens is 406 g/mol. The topological polar surface area (TPSA) is 99.0 Å². The molecule has 8 nitrogen and oxygen atoms in total. The molecule has 0 bridgehead atoms. The number of fused-ring (bicyclic) bond motifs is 2. The number of carbonyl (C=O) groups excluding carboxylic acids is 3. The van der Waals surface area contributed by atoms with Gasteiger partial charge in [-0.3, -0.25) is 14.4 Å². The predicted molar refractivity (Wildman–Crippen MR) is 125 cm³/mol. The Morgan fingerprint density at radius 2 is 1.91 bits per heavy atom. The first-order valence-corrected chi connectivity index (χ1v) is 11.6. The van der Waals surface area contributed by atoms with E-state index in [-0.39, 0.29) is 36.7 Å². The van der Waals surface area contributed by atoms with Crippen LogP contribution in [-0.2, 0) is 9.59 Å². The zero-order valence-electron chi connectivity index (χ0n) is 19.9. The third-order valence-corrected chi connectivity index (χ3v) is 6.94. The third-order valence-electron chi connectivity index (χ3n) is 6.94. The Morgan fingerprint density at radius 1 is 1.25 bits per heavy atom. The second kappa shape index (κ2) is 9.58. The first kappa shape index (κ1) is 24.2. The zero-order valence-corrected chi connectivity index (χ0v) is 19.9. The van der Waals surface area contributed by atoms with Gasteiger partial charge in [0.15, 0.2) is 0 Å². The number of para-hydroxylation sites is 1. The number of likely N-dealkylation sites (tertiary alicyclic amines) is 1. The minimum absolute atomic E-state index is 0.0105. The molecule has 8 heteroatoms. The van der Waals surface area contributed by atoms with Crippen LogP contribution in [0, 0.1) is 11.8 Å². The Balaban J connectivity index is 1.97. The van der Waals surface area contributed by atoms with E-state index in [1.165, 1.54) is 0 Å². The van der Waals surface area contributed by atoms with Gasteiger partial charge in [-0.05, 0) is 38.1 Å². The van der Waals surface area contributed by atoms with Crippen molar-refractivity contribution in [3.05, 3.63) is 29.8 Å². The van der Waals surface area contributed by atoms with Crippen molar-refractivity contribution in [2.75, 3.05) is 44.2 Å². The molecule has 0 aromatic heterocycles. The standard InChI is InChI=1S/C24H37N5O3/c1-6-27(7-2)12-13-29-19-11-9-8-10-17(19)21(30)26-24(5)15-28(14-18(24)22(29)31)23(32)20(25)16(3)4/h8-11,16,18,20H,6-7,12-15,25H2,1-5H3,(H,26,30)/t18-,20+,24-/m0/s1. The average Bonchev–Trinajstić information content (AvgIpc) is 3.11. The Morgan fingerprint density at radius 3 is 2.53 bits per heavy atom. The summed E-state index contributed by atoms with van der Waals surface area (Å²) in [5.74, 6) is -1.03. The van der Waals surface area contributed by atoms with E-state index in [1.807, 2.05) is 32.9 Å². The summed E-state index contributed by atoms with van der Waals surface area (Å²) in [5, 5.41) is 3.07. The molecule has 3 rings (SSSR count). The molecule has 3 atom stereocenters. The van der Waals surface area contributed by atoms with Gasteiger partial charge in [0.2, 0.25) is 11.8 Å². The highest BCUT2D eigenvalue weighted by molar-refractivity contribution is 6.08. The Kier molecular flexibility index (Phi) is 7.25. The number of rotatable bonds is 7. The number of anilines is 1. The van der Waals surface area contributed by atoms with Crippen molar-refractivity contribution in [2.24, 2.45) is 17.6 Å². The molecule has 0 aliphatic carbocycles. The van der Waals surface area contributed by atoms with Gasteiger partial charge in [-0.1, -0.05) is 39.8 Å². The number of nitrogens with two attached hydrogens (primary N) is 1. The van der Waals surface area contributed by atoms with Gasteiger partial charge in [0.1, 0.15) is 0 Å². The van der Waals surface area contributed by atoms with Crippen LogP contribution in [0.2, 0.25) is 0 Å². The molecule has 0 saturated carbocycles. The highest BCUT2D eigenvalue weighted by atomic mass is 16.2. The lowest BCUT2D eigenvalue weighted by Crippen LogP contribution is -2.59. The van der Waals surface area contributed by atoms with Crippen LogP contribution in [0.1, 0.15) is 45.0 Å². The molecular formula is C24H37N5O3. The highest BCUT2D eigenvalue weighted by Crippen LogP contribution is 2.35. The summed E-state index contributed by atoms with van der Waals surface area (Å²) in [5.41, 5.74) is 6.36. The molecule has 1 aromatic carbocycles. The lowest BCUT2D eigenvalue weighted by atomic mass is 9.86. The van der Waals surface area contributed by atoms with E-state index in [1.54, 1.807) is 21.9 Å². The summed E-state index contributed by atoms with van der Waals surface area (Å²) >= 11 is 0. The highest BCUT2D eigenvalue weighted by Gasteiger charge is 2.52. The molecule has 0 radical (unpaired) electrons. The number of hydrogen-bond donors (Lipinski definition) is 2. The smallest absolute Gasteiger partial charge is 0.253 e. The fourth-order valence-electron chi connectivity index (χ4n) is 4.68. The van der Waals surface area contributed by atoms with Crippen LogP contribution in [0.15, 0.2) is 24.3 Å². The molecule has 2 aliphatic heterocycles. The van der Waals surface area contributed by atoms with Gasteiger partial charge in [0.25, 0.3) is 5.91 Å². The van der Waals surface area contributed by atoms with Gasteiger partial charge in [-0.2, -0.15) is 0 Å². The largest absolute Gasteiger partial charge is 0.344 e. The predicted octanol–water partition coefficient (Wildman–Crippen LogP) is 1.31. The fraction of sp³-hybridized carbons (Fsp3) is 0.625. The van der Waals surface area contributed by atoms with Crippen LogP contribution in [0.4, 0.5) is 5.69 Å². The Bertz CT molecular complexity index is 869. The van der Waals surface area contributed by atoms with Crippen molar-refractivity contribution >= 4 is 23.4 Å². The molecule has 3 amide bonds. The second-order valence-corrected chi connectivity index (χ2v) is 9.45. The number of amides is 3. The maximum atomic E-state index is 13.9. The SMILES string of the molecule is CCN(CC)CCN1C(=O)[C@@H]2CN(C(=O)[C@H](N)C(C)C)C[C@]2(C)NC(=O)c2ccccc21. The molecule has 0 unspecified atom stereocenters. The number of nitrogens with one attached hydrogen (secondary N) is 1. The molecule has 1 fully saturated rings. The van der Waals surface area contributed by atoms with Crippen molar-refractivity contribution in [1.82, 2.24) is 15.1 Å². The van der Waals surface area contributed by atoms with Crippen LogP contribution in [0.3, 0.4) is 0 Å². The molecule has 3 N–H and O–H groups in total. The third kappa shape index (κ3) is 4.52. The van der Waals surface area contributed by atoms with Crippen molar-refractivity contribution in [2.45, 2.75) is 46.2 Å². The monoisotopic (exact) mass is 443 g/mol. The summed E-state index contributed by atoms with van der Waals surface area (Å²) in [6.07, 6.45) is 0. The number of nitrogens with zero attached hydrogens (tertiary/aromatic N) is 3. The summed E-state index contributed by atoms with van der Waals surface area (Å²) in [7, 11) is 0. The maximum Gasteiger partial charge on any atom is 0.253 e. The lowest BCUT2D eigenvalue weighted by Gasteiger charge is -2.38. The van der Waals surface area contributed by atoms with Crippen LogP contribution in [0.5, 0.6) is 0 Å². The molecule has 2 heterocycles. The molecule has 1 aromatic rings. The molecule has 2 aliphatic rings.